The molecule has 0 aliphatic heterocycles. The van der Waals surface area contributed by atoms with Crippen molar-refractivity contribution in [1.82, 2.24) is 0 Å². The highest BCUT2D eigenvalue weighted by Gasteiger charge is 2.16. The van der Waals surface area contributed by atoms with E-state index in [2.05, 4.69) is 5.32 Å². The van der Waals surface area contributed by atoms with Crippen LogP contribution in [0.4, 0.5) is 5.69 Å². The molecule has 0 spiro atoms. The van der Waals surface area contributed by atoms with Crippen LogP contribution in [0.3, 0.4) is 0 Å². The van der Waals surface area contributed by atoms with Gasteiger partial charge < -0.3 is 20.5 Å². The number of rotatable bonds is 5. The van der Waals surface area contributed by atoms with E-state index in [1.165, 1.54) is 25.6 Å². The monoisotopic (exact) mass is 322 g/mol. The van der Waals surface area contributed by atoms with Crippen LogP contribution in [0.2, 0.25) is 0 Å². The number of hydrogen-bond donors (Lipinski definition) is 2. The molecule has 0 aliphatic carbocycles. The summed E-state index contributed by atoms with van der Waals surface area (Å²) in [6.07, 6.45) is 0. The molecule has 1 aromatic heterocycles. The lowest BCUT2D eigenvalue weighted by Gasteiger charge is -2.11. The summed E-state index contributed by atoms with van der Waals surface area (Å²) in [6.45, 7) is 0. The van der Waals surface area contributed by atoms with E-state index >= 15 is 0 Å². The van der Waals surface area contributed by atoms with Gasteiger partial charge in [0, 0.05) is 5.56 Å². The predicted molar refractivity (Wildman–Crippen MR) is 87.7 cm³/mol. The molecule has 2 rings (SSSR count). The van der Waals surface area contributed by atoms with E-state index in [9.17, 15) is 4.79 Å². The second-order valence-corrected chi connectivity index (χ2v) is 5.41. The van der Waals surface area contributed by atoms with Crippen LogP contribution in [-0.4, -0.2) is 25.1 Å². The Balaban J connectivity index is 2.27. The molecule has 0 fully saturated rings. The number of anilines is 1. The van der Waals surface area contributed by atoms with E-state index in [4.69, 9.17) is 27.4 Å². The molecule has 0 aliphatic rings. The van der Waals surface area contributed by atoms with Gasteiger partial charge in [-0.2, -0.15) is 0 Å². The minimum atomic E-state index is -0.261. The van der Waals surface area contributed by atoms with Crippen LogP contribution in [0.1, 0.15) is 15.2 Å². The van der Waals surface area contributed by atoms with Crippen molar-refractivity contribution in [3.63, 3.8) is 0 Å². The Kier molecular flexibility index (Phi) is 4.77. The molecule has 0 bridgehead atoms. The Labute approximate surface area is 131 Å². The lowest BCUT2D eigenvalue weighted by Crippen LogP contribution is -2.13. The number of hydrogen-bond acceptors (Lipinski definition) is 5. The normalized spacial score (nSPS) is 10.0. The smallest absolute Gasteiger partial charge is 0.269 e. The topological polar surface area (TPSA) is 73.6 Å². The molecule has 1 heterocycles. The summed E-state index contributed by atoms with van der Waals surface area (Å²) < 4.78 is 10.4. The van der Waals surface area contributed by atoms with Crippen LogP contribution in [0.25, 0.3) is 0 Å². The molecule has 1 amide bonds. The lowest BCUT2D eigenvalue weighted by molar-refractivity contribution is 0.102. The van der Waals surface area contributed by atoms with Crippen LogP contribution in [0.5, 0.6) is 11.5 Å². The molecule has 110 valence electrons. The highest BCUT2D eigenvalue weighted by molar-refractivity contribution is 7.80. The van der Waals surface area contributed by atoms with E-state index in [1.807, 2.05) is 0 Å². The third-order valence-electron chi connectivity index (χ3n) is 2.79. The van der Waals surface area contributed by atoms with Crippen LogP contribution in [0, 0.1) is 0 Å². The van der Waals surface area contributed by atoms with E-state index in [1.54, 1.807) is 29.6 Å². The van der Waals surface area contributed by atoms with Crippen LogP contribution in [-0.2, 0) is 0 Å². The summed E-state index contributed by atoms with van der Waals surface area (Å²) in [7, 11) is 3.04. The maximum Gasteiger partial charge on any atom is 0.269 e. The van der Waals surface area contributed by atoms with Gasteiger partial charge in [-0.1, -0.05) is 12.2 Å². The fourth-order valence-electron chi connectivity index (χ4n) is 1.75. The molecule has 21 heavy (non-hydrogen) atoms. The van der Waals surface area contributed by atoms with Gasteiger partial charge in [-0.25, -0.2) is 0 Å². The summed E-state index contributed by atoms with van der Waals surface area (Å²) in [5, 5.41) is 4.58. The second kappa shape index (κ2) is 6.55. The SMILES string of the molecule is COc1cc(C(N)=S)ccc1NC(=O)c1sccc1OC. The zero-order chi connectivity index (χ0) is 15.4. The van der Waals surface area contributed by atoms with Crippen LogP contribution >= 0.6 is 23.6 Å². The maximum atomic E-state index is 12.3. The second-order valence-electron chi connectivity index (χ2n) is 4.05. The summed E-state index contributed by atoms with van der Waals surface area (Å²) in [4.78, 5) is 13.0. The number of nitrogens with one attached hydrogen (secondary N) is 1. The van der Waals surface area contributed by atoms with E-state index in [0.717, 1.165) is 0 Å². The predicted octanol–water partition coefficient (Wildman–Crippen LogP) is 2.65. The first-order valence-corrected chi connectivity index (χ1v) is 7.26. The molecule has 7 heteroatoms. The lowest BCUT2D eigenvalue weighted by atomic mass is 10.2. The highest BCUT2D eigenvalue weighted by atomic mass is 32.1. The molecular formula is C14H14N2O3S2. The number of methoxy groups -OCH3 is 2. The summed E-state index contributed by atoms with van der Waals surface area (Å²) in [6, 6.07) is 6.85. The minimum Gasteiger partial charge on any atom is -0.495 e. The molecule has 0 saturated carbocycles. The number of thiocarbonyl (C=S) groups is 1. The number of ether oxygens (including phenoxy) is 2. The minimum absolute atomic E-state index is 0.261. The van der Waals surface area contributed by atoms with Crippen molar-refractivity contribution in [2.45, 2.75) is 0 Å². The van der Waals surface area contributed by atoms with Crippen LogP contribution < -0.4 is 20.5 Å². The maximum absolute atomic E-state index is 12.3. The average Bonchev–Trinajstić information content (AvgIpc) is 2.95. The molecule has 3 N–H and O–H groups in total. The molecule has 0 radical (unpaired) electrons. The molecular weight excluding hydrogens is 308 g/mol. The molecule has 1 aromatic carbocycles. The Hall–Kier alpha value is -2.12. The quantitative estimate of drug-likeness (QED) is 0.828. The third kappa shape index (κ3) is 3.32. The fraction of sp³-hybridized carbons (Fsp3) is 0.143. The number of nitrogens with two attached hydrogens (primary N) is 1. The van der Waals surface area contributed by atoms with Crippen molar-refractivity contribution in [2.75, 3.05) is 19.5 Å². The van der Waals surface area contributed by atoms with E-state index in [-0.39, 0.29) is 10.9 Å². The number of benzene rings is 1. The Morgan fingerprint density at radius 3 is 2.57 bits per heavy atom. The first-order chi connectivity index (χ1) is 10.1. The van der Waals surface area contributed by atoms with Gasteiger partial charge in [-0.3, -0.25) is 4.79 Å². The van der Waals surface area contributed by atoms with E-state index in [0.29, 0.717) is 27.6 Å². The summed E-state index contributed by atoms with van der Waals surface area (Å²) in [5.41, 5.74) is 6.79. The van der Waals surface area contributed by atoms with E-state index < -0.39 is 0 Å². The Morgan fingerprint density at radius 2 is 1.95 bits per heavy atom. The average molecular weight is 322 g/mol. The Bertz CT molecular complexity index is 683. The molecule has 0 unspecified atom stereocenters. The number of carbonyl (C=O) groups is 1. The molecule has 2 aromatic rings. The fourth-order valence-corrected chi connectivity index (χ4v) is 2.63. The van der Waals surface area contributed by atoms with Gasteiger partial charge in [0.25, 0.3) is 5.91 Å². The van der Waals surface area contributed by atoms with Crippen molar-refractivity contribution in [3.8, 4) is 11.5 Å². The van der Waals surface area contributed by atoms with Crippen LogP contribution in [0.15, 0.2) is 29.6 Å². The van der Waals surface area contributed by atoms with Gasteiger partial charge in [0.2, 0.25) is 0 Å². The van der Waals surface area contributed by atoms with Gasteiger partial charge in [0.15, 0.2) is 0 Å². The van der Waals surface area contributed by atoms with Crippen molar-refractivity contribution < 1.29 is 14.3 Å². The number of carbonyl (C=O) groups excluding carboxylic acids is 1. The molecule has 0 atom stereocenters. The highest BCUT2D eigenvalue weighted by Crippen LogP contribution is 2.29. The zero-order valence-corrected chi connectivity index (χ0v) is 13.1. The van der Waals surface area contributed by atoms with Gasteiger partial charge >= 0.3 is 0 Å². The first kappa shape index (κ1) is 15.3. The van der Waals surface area contributed by atoms with Crippen molar-refractivity contribution in [3.05, 3.63) is 40.1 Å². The Morgan fingerprint density at radius 1 is 1.24 bits per heavy atom. The van der Waals surface area contributed by atoms with Crippen molar-refractivity contribution in [2.24, 2.45) is 5.73 Å². The van der Waals surface area contributed by atoms with Gasteiger partial charge in [-0.15, -0.1) is 11.3 Å². The molecule has 0 saturated heterocycles. The number of amides is 1. The van der Waals surface area contributed by atoms with Gasteiger partial charge in [0.1, 0.15) is 21.4 Å². The molecule has 5 nitrogen and oxygen atoms in total. The summed E-state index contributed by atoms with van der Waals surface area (Å²) >= 11 is 6.22. The summed E-state index contributed by atoms with van der Waals surface area (Å²) in [5.74, 6) is 0.767. The standard InChI is InChI=1S/C14H14N2O3S2/c1-18-10-5-6-21-12(10)14(17)16-9-4-3-8(13(15)20)7-11(9)19-2/h3-7H,1-2H3,(H2,15,20)(H,16,17). The van der Waals surface area contributed by atoms with Gasteiger partial charge in [0.05, 0.1) is 19.9 Å². The zero-order valence-electron chi connectivity index (χ0n) is 11.5. The third-order valence-corrected chi connectivity index (χ3v) is 3.92. The van der Waals surface area contributed by atoms with Gasteiger partial charge in [-0.05, 0) is 29.6 Å². The number of thiophene rings is 1. The van der Waals surface area contributed by atoms with Crippen molar-refractivity contribution in [1.29, 1.82) is 0 Å². The van der Waals surface area contributed by atoms with Crippen molar-refractivity contribution >= 4 is 40.1 Å². The first-order valence-electron chi connectivity index (χ1n) is 5.97. The largest absolute Gasteiger partial charge is 0.495 e.